The second kappa shape index (κ2) is 45.5. The molecule has 6 aromatic carbocycles. The molecule has 4 aliphatic heterocycles. The van der Waals surface area contributed by atoms with Crippen LogP contribution in [0, 0.1) is 15.5 Å². The Bertz CT molecular complexity index is 4790. The summed E-state index contributed by atoms with van der Waals surface area (Å²) in [4.78, 5) is 103. The lowest BCUT2D eigenvalue weighted by Crippen LogP contribution is -2.57. The number of fused-ring (bicyclic) bond motifs is 1. The van der Waals surface area contributed by atoms with Crippen LogP contribution in [0.2, 0.25) is 0 Å². The number of nitro groups is 1. The molecule has 1 atom stereocenters. The van der Waals surface area contributed by atoms with Crippen molar-refractivity contribution >= 4 is 170 Å². The van der Waals surface area contributed by atoms with Crippen molar-refractivity contribution in [2.45, 2.75) is 71.1 Å². The van der Waals surface area contributed by atoms with E-state index in [1.807, 2.05) is 77.7 Å². The average molecular weight is 1750 g/mol. The average Bonchev–Trinajstić information content (AvgIpc) is 1.05. The summed E-state index contributed by atoms with van der Waals surface area (Å²) in [6.45, 7) is 25.3. The fourth-order valence-corrected chi connectivity index (χ4v) is 18.1. The summed E-state index contributed by atoms with van der Waals surface area (Å²) in [5.41, 5.74) is 20.2. The lowest BCUT2D eigenvalue weighted by atomic mass is 9.49. The third kappa shape index (κ3) is 26.2. The summed E-state index contributed by atoms with van der Waals surface area (Å²) in [5.74, 6) is -0.598. The molecule has 0 spiro atoms. The molecular formula is C84H100Cl3N19O7S5. The minimum Gasteiger partial charge on any atom is -0.376 e. The zero-order valence-electron chi connectivity index (χ0n) is 66.4. The number of benzene rings is 6. The maximum atomic E-state index is 14.1. The molecule has 1 unspecified atom stereocenters. The van der Waals surface area contributed by atoms with Crippen molar-refractivity contribution in [2.75, 3.05) is 158 Å². The maximum Gasteiger partial charge on any atom is 0.273 e. The summed E-state index contributed by atoms with van der Waals surface area (Å²) in [6, 6.07) is 57.3. The number of aromatic nitrogens is 4. The fourth-order valence-electron chi connectivity index (χ4n) is 14.6. The van der Waals surface area contributed by atoms with Crippen molar-refractivity contribution in [3.05, 3.63) is 247 Å². The fraction of sp³-hybridized carbons (Fsp3) is 0.357. The SMILES string of the molecule is CC(=O)NC(N)=S.CC(=O)Nc1nc(CCl)cs1.CC(=O)Nc1nc(CN2CCN(c3ccccc3)CC2)cs1.CC1(C(=O)Nc2nc(CN3CCN(c4ccccc4)CC3)cs2)CC2([N+](=O)[O-])c3ccccc3C1c1ccccc12.Nc1nc(CN2CCN(c3ccccc3)CC2)cs1.O=C(CCl)CCl.c1ccc(N2CCNCC2)cc1. The van der Waals surface area contributed by atoms with Crippen LogP contribution in [0.4, 0.5) is 43.3 Å². The molecule has 8 heterocycles. The number of anilines is 8. The zero-order valence-corrected chi connectivity index (χ0v) is 72.7. The number of thiazole rings is 4. The highest BCUT2D eigenvalue weighted by Crippen LogP contribution is 2.64. The van der Waals surface area contributed by atoms with Gasteiger partial charge in [-0.25, -0.2) is 19.9 Å². The first-order chi connectivity index (χ1) is 57.0. The molecule has 26 nitrogen and oxygen atoms in total. The third-order valence-corrected chi connectivity index (χ3v) is 24.3. The molecular weight excluding hydrogens is 1650 g/mol. The Kier molecular flexibility index (Phi) is 35.0. The van der Waals surface area contributed by atoms with Gasteiger partial charge in [-0.15, -0.1) is 80.1 Å². The predicted molar refractivity (Wildman–Crippen MR) is 485 cm³/mol. The number of nitrogens with one attached hydrogen (secondary N) is 5. The van der Waals surface area contributed by atoms with Gasteiger partial charge in [-0.2, -0.15) is 0 Å². The number of para-hydroxylation sites is 4. The number of piperazine rings is 4. The first-order valence-electron chi connectivity index (χ1n) is 38.6. The minimum atomic E-state index is -1.47. The van der Waals surface area contributed by atoms with Gasteiger partial charge in [0.25, 0.3) is 5.54 Å². The Morgan fingerprint density at radius 3 is 1.14 bits per heavy atom. The topological polar surface area (TPSA) is 315 Å². The van der Waals surface area contributed by atoms with Gasteiger partial charge >= 0.3 is 0 Å². The first kappa shape index (κ1) is 90.7. The molecule has 0 saturated carbocycles. The minimum absolute atomic E-state index is 0.0208. The Labute approximate surface area is 725 Å². The molecule has 4 fully saturated rings. The number of rotatable bonds is 18. The first-order valence-corrected chi connectivity index (χ1v) is 44.1. The summed E-state index contributed by atoms with van der Waals surface area (Å²) in [6.07, 6.45) is 0.0987. The highest BCUT2D eigenvalue weighted by Gasteiger charge is 2.67. The lowest BCUT2D eigenvalue weighted by Gasteiger charge is -2.52. The lowest BCUT2D eigenvalue weighted by molar-refractivity contribution is -0.573. The molecule has 2 bridgehead atoms. The van der Waals surface area contributed by atoms with Gasteiger partial charge in [-0.1, -0.05) is 121 Å². The van der Waals surface area contributed by atoms with E-state index < -0.39 is 11.0 Å². The van der Waals surface area contributed by atoms with Gasteiger partial charge in [0.05, 0.1) is 45.8 Å². The van der Waals surface area contributed by atoms with Crippen LogP contribution in [-0.4, -0.2) is 191 Å². The van der Waals surface area contributed by atoms with Crippen molar-refractivity contribution in [1.29, 1.82) is 0 Å². The van der Waals surface area contributed by atoms with Crippen molar-refractivity contribution in [3.8, 4) is 0 Å². The van der Waals surface area contributed by atoms with E-state index in [4.69, 9.17) is 51.3 Å². The number of hydrogen-bond acceptors (Lipinski definition) is 25. The molecule has 34 heteroatoms. The van der Waals surface area contributed by atoms with Crippen molar-refractivity contribution in [2.24, 2.45) is 11.1 Å². The summed E-state index contributed by atoms with van der Waals surface area (Å²) >= 11 is 25.6. The van der Waals surface area contributed by atoms with E-state index in [2.05, 4.69) is 209 Å². The summed E-state index contributed by atoms with van der Waals surface area (Å²) in [7, 11) is 0. The smallest absolute Gasteiger partial charge is 0.273 e. The molecule has 0 radical (unpaired) electrons. The second-order valence-corrected chi connectivity index (χ2v) is 33.3. The number of nitrogens with two attached hydrogens (primary N) is 2. The Morgan fingerprint density at radius 2 is 0.831 bits per heavy atom. The molecule has 624 valence electrons. The van der Waals surface area contributed by atoms with Gasteiger partial charge in [-0.05, 0) is 78.8 Å². The highest BCUT2D eigenvalue weighted by atomic mass is 35.5. The van der Waals surface area contributed by atoms with E-state index in [-0.39, 0.29) is 63.5 Å². The molecule has 7 aliphatic rings. The standard InChI is InChI=1S/C32H31N5O3S.C16H20N4OS.C14H18N4S.C10H14N2.C6H7ClN2OS.C3H4Cl2O.C3H6N2OS/c1-31(21-32(37(39)40)26-13-7-5-11-24(26)28(31)25-12-6-8-14-27(25)32)29(38)34-30-33-22(20-41-30)19-35-15-17-36(18-16-35)23-9-3-2-4-10-23;1-13(21)17-16-18-14(12-22-16)11-19-7-9-20(10-8-19)15-5-3-2-4-6-15;15-14-16-12(11-19-14)10-17-6-8-18(9-7-17)13-4-2-1-3-5-13;1-2-4-10(5-3-1)12-8-6-11-7-9-12;1-4(10)8-6-9-5(2-7)3-11-6;4-1-3(6)2-5;1-2(6)5-3(4)7/h2-14,20,28H,15-19,21H2,1H3,(H,33,34,38);2-6,12H,7-11H2,1H3,(H,17,18,21);1-5,11H,6-10H2,(H2,15,16);1-5,11H,6-9H2;3H,2H2,1H3,(H,8,9,10);1-2H2;1H3,(H3,4,5,6,7). The second-order valence-electron chi connectivity index (χ2n) is 28.6. The number of nitrogens with zero attached hydrogens (tertiary/aromatic N) is 12. The van der Waals surface area contributed by atoms with E-state index in [1.54, 1.807) is 0 Å². The van der Waals surface area contributed by atoms with Gasteiger partial charge in [0.15, 0.2) is 31.4 Å². The summed E-state index contributed by atoms with van der Waals surface area (Å²) < 4.78 is 0. The molecule has 17 rings (SSSR count). The van der Waals surface area contributed by atoms with Crippen molar-refractivity contribution in [1.82, 2.24) is 45.3 Å². The number of carbonyl (C=O) groups excluding carboxylic acids is 5. The van der Waals surface area contributed by atoms with Crippen molar-refractivity contribution < 1.29 is 28.9 Å². The van der Waals surface area contributed by atoms with Gasteiger partial charge < -0.3 is 57.7 Å². The number of thiocarbonyl (C=S) groups is 1. The Balaban J connectivity index is 0.000000161. The number of nitrogen functional groups attached to an aromatic ring is 1. The molecule has 118 heavy (non-hydrogen) atoms. The van der Waals surface area contributed by atoms with Crippen LogP contribution in [0.3, 0.4) is 0 Å². The number of Topliss-reactive ketones (excluding diaryl/α,β-unsaturated/α-hetero) is 1. The van der Waals surface area contributed by atoms with Gasteiger partial charge in [0, 0.05) is 218 Å². The predicted octanol–water partition coefficient (Wildman–Crippen LogP) is 13.3. The van der Waals surface area contributed by atoms with E-state index in [0.717, 1.165) is 158 Å². The van der Waals surface area contributed by atoms with Crippen LogP contribution in [0.25, 0.3) is 0 Å². The van der Waals surface area contributed by atoms with E-state index in [0.29, 0.717) is 37.5 Å². The Hall–Kier alpha value is -9.61. The molecule has 3 aliphatic carbocycles. The molecule has 4 amide bonds. The van der Waals surface area contributed by atoms with Crippen molar-refractivity contribution in [3.63, 3.8) is 0 Å². The summed E-state index contributed by atoms with van der Waals surface area (Å²) in [5, 5.41) is 37.2. The number of carbonyl (C=O) groups is 5. The highest BCUT2D eigenvalue weighted by molar-refractivity contribution is 7.80. The van der Waals surface area contributed by atoms with E-state index in [9.17, 15) is 34.1 Å². The van der Waals surface area contributed by atoms with E-state index in [1.165, 1.54) is 88.9 Å². The third-order valence-electron chi connectivity index (χ3n) is 20.1. The number of alkyl halides is 3. The van der Waals surface area contributed by atoms with Crippen LogP contribution in [0.1, 0.15) is 85.1 Å². The number of hydrogen-bond donors (Lipinski definition) is 7. The normalized spacial score (nSPS) is 17.9. The van der Waals surface area contributed by atoms with Crippen LogP contribution >= 0.6 is 92.4 Å². The number of amides is 4. The van der Waals surface area contributed by atoms with Crippen LogP contribution in [-0.2, 0) is 55.0 Å². The quantitative estimate of drug-likeness (QED) is 0.0182. The van der Waals surface area contributed by atoms with Gasteiger partial charge in [0.1, 0.15) is 0 Å². The van der Waals surface area contributed by atoms with Gasteiger partial charge in [0.2, 0.25) is 23.6 Å². The molecule has 4 aromatic heterocycles. The molecule has 10 aromatic rings. The van der Waals surface area contributed by atoms with E-state index >= 15 is 0 Å². The monoisotopic (exact) mass is 1750 g/mol. The van der Waals surface area contributed by atoms with Gasteiger partial charge in [-0.3, -0.25) is 48.8 Å². The zero-order chi connectivity index (χ0) is 84.0. The van der Waals surface area contributed by atoms with Crippen LogP contribution in [0.5, 0.6) is 0 Å². The van der Waals surface area contributed by atoms with Crippen LogP contribution < -0.4 is 57.7 Å². The van der Waals surface area contributed by atoms with Crippen LogP contribution in [0.15, 0.2) is 191 Å². The Morgan fingerprint density at radius 1 is 0.492 bits per heavy atom. The number of ketones is 1. The molecule has 9 N–H and O–H groups in total. The number of halogens is 3. The maximum absolute atomic E-state index is 14.1. The molecule has 4 saturated heterocycles. The largest absolute Gasteiger partial charge is 0.376 e.